The van der Waals surface area contributed by atoms with E-state index in [1.54, 1.807) is 63.4 Å². The number of benzene rings is 2. The Bertz CT molecular complexity index is 1650. The molecule has 3 aromatic rings. The van der Waals surface area contributed by atoms with Crippen molar-refractivity contribution in [2.75, 3.05) is 18.6 Å². The second-order valence-corrected chi connectivity index (χ2v) is 12.3. The van der Waals surface area contributed by atoms with Crippen LogP contribution in [0.5, 0.6) is 0 Å². The highest BCUT2D eigenvalue weighted by Crippen LogP contribution is 2.23. The monoisotopic (exact) mass is 650 g/mol. The predicted octanol–water partition coefficient (Wildman–Crippen LogP) is 3.08. The fraction of sp³-hybridized carbons (Fsp3) is 0.364. The van der Waals surface area contributed by atoms with Gasteiger partial charge in [-0.1, -0.05) is 54.1 Å². The molecule has 0 spiro atoms. The molecule has 5 N–H and O–H groups in total. The number of aromatic nitrogens is 1. The third-order valence-electron chi connectivity index (χ3n) is 7.74. The molecule has 1 aliphatic rings. The highest BCUT2D eigenvalue weighted by molar-refractivity contribution is 6.31. The van der Waals surface area contributed by atoms with E-state index in [9.17, 15) is 29.4 Å². The van der Waals surface area contributed by atoms with Crippen molar-refractivity contribution in [2.45, 2.75) is 58.2 Å². The zero-order valence-corrected chi connectivity index (χ0v) is 26.9. The van der Waals surface area contributed by atoms with Gasteiger partial charge in [0.1, 0.15) is 24.0 Å². The Hall–Kier alpha value is -4.52. The molecule has 244 valence electrons. The number of aliphatic hydroxyl groups excluding tert-OH is 1. The summed E-state index contributed by atoms with van der Waals surface area (Å²) in [7, 11) is 1.66. The summed E-state index contributed by atoms with van der Waals surface area (Å²) in [5.74, 6) is -1.98. The standard InChI is InChI=1S/C33H39ClN6O6/c1-20(35-30(43)27(41)19-23-8-5-6-9-24(23)34)31(44)40-17-7-10-25(37-40)29(42)38-39(4)28-14-13-22-12-11-21(18-26(22)36-28)15-16-33(2,3)32(45)46/h5-6,8-9,11-16,18,20,25,27,37,41H,7,10,17,19H2,1-4H3,(H,35,43)(H,38,42)(H,45,46)/b16-15+/t20-,25-,27-/m0/s1. The van der Waals surface area contributed by atoms with Crippen molar-refractivity contribution in [2.24, 2.45) is 5.41 Å². The molecule has 0 saturated carbocycles. The van der Waals surface area contributed by atoms with E-state index in [2.05, 4.69) is 21.2 Å². The number of carbonyl (C=O) groups is 4. The van der Waals surface area contributed by atoms with Crippen LogP contribution >= 0.6 is 11.6 Å². The average Bonchev–Trinajstić information content (AvgIpc) is 3.03. The first kappa shape index (κ1) is 34.4. The van der Waals surface area contributed by atoms with Crippen molar-refractivity contribution in [1.82, 2.24) is 26.2 Å². The molecule has 13 heteroatoms. The van der Waals surface area contributed by atoms with Gasteiger partial charge in [-0.3, -0.25) is 34.6 Å². The molecule has 1 saturated heterocycles. The molecular formula is C33H39ClN6O6. The number of fused-ring (bicyclic) bond motifs is 1. The van der Waals surface area contributed by atoms with Crippen LogP contribution in [0.15, 0.2) is 60.7 Å². The SMILES string of the molecule is C[C@H](NC(=O)[C@@H](O)Cc1ccccc1Cl)C(=O)N1CCC[C@@H](C(=O)NN(C)c2ccc3ccc(/C=C/C(C)(C)C(=O)O)cc3n2)N1. The average molecular weight is 651 g/mol. The van der Waals surface area contributed by atoms with Crippen molar-refractivity contribution in [3.63, 3.8) is 0 Å². The molecule has 12 nitrogen and oxygen atoms in total. The normalized spacial score (nSPS) is 16.6. The van der Waals surface area contributed by atoms with Crippen LogP contribution in [0.4, 0.5) is 5.82 Å². The van der Waals surface area contributed by atoms with Gasteiger partial charge in [-0.2, -0.15) is 0 Å². The zero-order chi connectivity index (χ0) is 33.6. The first-order chi connectivity index (χ1) is 21.7. The molecule has 0 aliphatic carbocycles. The third kappa shape index (κ3) is 8.59. The number of rotatable bonds is 11. The Kier molecular flexibility index (Phi) is 11.0. The summed E-state index contributed by atoms with van der Waals surface area (Å²) in [4.78, 5) is 55.0. The number of anilines is 1. The van der Waals surface area contributed by atoms with Crippen LogP contribution < -0.4 is 21.2 Å². The zero-order valence-electron chi connectivity index (χ0n) is 26.2. The Labute approximate surface area is 272 Å². The lowest BCUT2D eigenvalue weighted by molar-refractivity contribution is -0.144. The maximum absolute atomic E-state index is 13.2. The van der Waals surface area contributed by atoms with Gasteiger partial charge in [0.15, 0.2) is 0 Å². The predicted molar refractivity (Wildman–Crippen MR) is 175 cm³/mol. The first-order valence-corrected chi connectivity index (χ1v) is 15.3. The van der Waals surface area contributed by atoms with E-state index in [1.165, 1.54) is 16.9 Å². The lowest BCUT2D eigenvalue weighted by atomic mass is 9.92. The van der Waals surface area contributed by atoms with E-state index >= 15 is 0 Å². The number of hydrogen-bond donors (Lipinski definition) is 5. The summed E-state index contributed by atoms with van der Waals surface area (Å²) >= 11 is 6.13. The minimum atomic E-state index is -1.39. The molecule has 1 aromatic heterocycles. The maximum Gasteiger partial charge on any atom is 0.312 e. The van der Waals surface area contributed by atoms with Crippen molar-refractivity contribution >= 4 is 58.1 Å². The highest BCUT2D eigenvalue weighted by Gasteiger charge is 2.32. The van der Waals surface area contributed by atoms with Crippen molar-refractivity contribution in [3.05, 3.63) is 76.8 Å². The maximum atomic E-state index is 13.2. The number of amides is 3. The fourth-order valence-electron chi connectivity index (χ4n) is 4.79. The number of nitrogens with zero attached hydrogens (tertiary/aromatic N) is 3. The number of carboxylic acids is 1. The molecule has 2 heterocycles. The van der Waals surface area contributed by atoms with E-state index < -0.39 is 41.4 Å². The molecule has 0 bridgehead atoms. The second kappa shape index (κ2) is 14.7. The van der Waals surface area contributed by atoms with Gasteiger partial charge in [0, 0.05) is 30.4 Å². The molecule has 46 heavy (non-hydrogen) atoms. The van der Waals surface area contributed by atoms with Crippen LogP contribution in [-0.2, 0) is 25.6 Å². The lowest BCUT2D eigenvalue weighted by Gasteiger charge is -2.35. The molecule has 3 amide bonds. The Morgan fingerprint density at radius 2 is 1.89 bits per heavy atom. The third-order valence-corrected chi connectivity index (χ3v) is 8.11. The van der Waals surface area contributed by atoms with Gasteiger partial charge in [-0.25, -0.2) is 10.4 Å². The van der Waals surface area contributed by atoms with E-state index in [0.29, 0.717) is 41.3 Å². The molecule has 0 radical (unpaired) electrons. The van der Waals surface area contributed by atoms with E-state index in [-0.39, 0.29) is 12.3 Å². The number of aliphatic hydroxyl groups is 1. The summed E-state index contributed by atoms with van der Waals surface area (Å²) in [6.45, 7) is 5.09. The number of carbonyl (C=O) groups excluding carboxylic acids is 3. The molecule has 3 atom stereocenters. The number of hydrazine groups is 2. The van der Waals surface area contributed by atoms with Crippen molar-refractivity contribution < 1.29 is 29.4 Å². The van der Waals surface area contributed by atoms with E-state index in [1.807, 2.05) is 24.3 Å². The molecule has 1 fully saturated rings. The summed E-state index contributed by atoms with van der Waals surface area (Å²) in [5.41, 5.74) is 6.80. The summed E-state index contributed by atoms with van der Waals surface area (Å²) in [5, 5.41) is 26.4. The smallest absolute Gasteiger partial charge is 0.312 e. The van der Waals surface area contributed by atoms with Crippen LogP contribution in [-0.4, -0.2) is 75.7 Å². The Balaban J connectivity index is 1.34. The van der Waals surface area contributed by atoms with Crippen LogP contribution in [0.3, 0.4) is 0 Å². The van der Waals surface area contributed by atoms with Gasteiger partial charge < -0.3 is 15.5 Å². The van der Waals surface area contributed by atoms with Crippen LogP contribution in [0, 0.1) is 5.41 Å². The fourth-order valence-corrected chi connectivity index (χ4v) is 5.01. The molecular weight excluding hydrogens is 612 g/mol. The number of nitrogens with one attached hydrogen (secondary N) is 3. The summed E-state index contributed by atoms with van der Waals surface area (Å²) in [6, 6.07) is 14.4. The van der Waals surface area contributed by atoms with Gasteiger partial charge in [-0.15, -0.1) is 0 Å². The largest absolute Gasteiger partial charge is 0.481 e. The van der Waals surface area contributed by atoms with Gasteiger partial charge in [0.2, 0.25) is 5.91 Å². The Morgan fingerprint density at radius 3 is 2.61 bits per heavy atom. The quantitative estimate of drug-likeness (QED) is 0.196. The highest BCUT2D eigenvalue weighted by atomic mass is 35.5. The minimum Gasteiger partial charge on any atom is -0.481 e. The van der Waals surface area contributed by atoms with Gasteiger partial charge in [-0.05, 0) is 69.0 Å². The lowest BCUT2D eigenvalue weighted by Crippen LogP contribution is -2.62. The first-order valence-electron chi connectivity index (χ1n) is 14.9. The number of aliphatic carboxylic acids is 1. The number of hydrogen-bond acceptors (Lipinski definition) is 8. The second-order valence-electron chi connectivity index (χ2n) is 11.9. The van der Waals surface area contributed by atoms with Gasteiger partial charge >= 0.3 is 5.97 Å². The topological polar surface area (TPSA) is 164 Å². The molecule has 4 rings (SSSR count). The Morgan fingerprint density at radius 1 is 1.17 bits per heavy atom. The molecule has 2 aromatic carbocycles. The summed E-state index contributed by atoms with van der Waals surface area (Å²) < 4.78 is 0. The van der Waals surface area contributed by atoms with Crippen LogP contribution in [0.2, 0.25) is 5.02 Å². The summed E-state index contributed by atoms with van der Waals surface area (Å²) in [6.07, 6.45) is 3.00. The van der Waals surface area contributed by atoms with E-state index in [4.69, 9.17) is 11.6 Å². The van der Waals surface area contributed by atoms with Crippen molar-refractivity contribution in [3.8, 4) is 0 Å². The molecule has 1 aliphatic heterocycles. The minimum absolute atomic E-state index is 0.000439. The number of halogens is 1. The number of pyridine rings is 1. The van der Waals surface area contributed by atoms with Crippen LogP contribution in [0.1, 0.15) is 44.7 Å². The van der Waals surface area contributed by atoms with Gasteiger partial charge in [0.25, 0.3) is 11.8 Å². The molecule has 0 unspecified atom stereocenters. The van der Waals surface area contributed by atoms with Gasteiger partial charge in [0.05, 0.1) is 10.9 Å². The van der Waals surface area contributed by atoms with Crippen molar-refractivity contribution in [1.29, 1.82) is 0 Å². The van der Waals surface area contributed by atoms with Crippen LogP contribution in [0.25, 0.3) is 17.0 Å². The number of carboxylic acid groups (broad SMARTS) is 1. The van der Waals surface area contributed by atoms with E-state index in [0.717, 1.165) is 10.9 Å².